The van der Waals surface area contributed by atoms with Gasteiger partial charge in [-0.15, -0.1) is 22.7 Å². The maximum atomic E-state index is 2.45. The number of aromatic nitrogens is 2. The molecule has 4 aromatic heterocycles. The lowest BCUT2D eigenvalue weighted by molar-refractivity contribution is 1.18. The topological polar surface area (TPSA) is 9.86 Å². The molecule has 12 rings (SSSR count). The molecule has 0 N–H and O–H groups in total. The number of hydrogen-bond donors (Lipinski definition) is 0. The lowest BCUT2D eigenvalue weighted by Crippen LogP contribution is -1.96. The van der Waals surface area contributed by atoms with Gasteiger partial charge in [0, 0.05) is 73.3 Å². The molecule has 12 aromatic rings. The summed E-state index contributed by atoms with van der Waals surface area (Å²) in [5.74, 6) is 0. The molecule has 4 heteroatoms. The lowest BCUT2D eigenvalue weighted by Gasteiger charge is -2.13. The van der Waals surface area contributed by atoms with E-state index in [1.54, 1.807) is 0 Å². The highest BCUT2D eigenvalue weighted by Gasteiger charge is 2.18. The van der Waals surface area contributed by atoms with Crippen molar-refractivity contribution in [2.24, 2.45) is 0 Å². The van der Waals surface area contributed by atoms with Crippen LogP contribution in [0.4, 0.5) is 0 Å². The van der Waals surface area contributed by atoms with Gasteiger partial charge in [0.05, 0.1) is 22.1 Å². The number of nitrogens with zero attached hydrogens (tertiary/aromatic N) is 2. The molecule has 0 amide bonds. The van der Waals surface area contributed by atoms with E-state index in [0.717, 1.165) is 11.4 Å². The van der Waals surface area contributed by atoms with Crippen LogP contribution in [-0.4, -0.2) is 9.13 Å². The van der Waals surface area contributed by atoms with E-state index in [4.69, 9.17) is 0 Å². The lowest BCUT2D eigenvalue weighted by atomic mass is 10.0. The summed E-state index contributed by atoms with van der Waals surface area (Å²) in [5.41, 5.74) is 9.64. The van der Waals surface area contributed by atoms with Crippen LogP contribution >= 0.6 is 22.7 Å². The average molecular weight is 697 g/mol. The Bertz CT molecular complexity index is 3190. The second kappa shape index (κ2) is 10.7. The first-order valence-electron chi connectivity index (χ1n) is 17.7. The van der Waals surface area contributed by atoms with E-state index in [-0.39, 0.29) is 0 Å². The van der Waals surface area contributed by atoms with Gasteiger partial charge in [-0.2, -0.15) is 0 Å². The summed E-state index contributed by atoms with van der Waals surface area (Å²) in [6.07, 6.45) is 0. The van der Waals surface area contributed by atoms with Crippen LogP contribution in [0.15, 0.2) is 170 Å². The molecule has 0 saturated carbocycles. The minimum absolute atomic E-state index is 1.16. The number of para-hydroxylation sites is 2. The van der Waals surface area contributed by atoms with E-state index >= 15 is 0 Å². The van der Waals surface area contributed by atoms with Gasteiger partial charge in [0.2, 0.25) is 0 Å². The molecule has 0 atom stereocenters. The first kappa shape index (κ1) is 28.5. The average Bonchev–Trinajstić information content (AvgIpc) is 3.93. The Balaban J connectivity index is 1.06. The van der Waals surface area contributed by atoms with Gasteiger partial charge < -0.3 is 9.13 Å². The maximum absolute atomic E-state index is 2.45. The quantitative estimate of drug-likeness (QED) is 0.174. The molecule has 0 spiro atoms. The Morgan fingerprint density at radius 1 is 0.269 bits per heavy atom. The summed E-state index contributed by atoms with van der Waals surface area (Å²) >= 11 is 3.76. The van der Waals surface area contributed by atoms with Crippen molar-refractivity contribution in [3.63, 3.8) is 0 Å². The van der Waals surface area contributed by atoms with Gasteiger partial charge in [-0.1, -0.05) is 97.1 Å². The van der Waals surface area contributed by atoms with E-state index in [1.165, 1.54) is 95.1 Å². The van der Waals surface area contributed by atoms with Crippen LogP contribution in [0.3, 0.4) is 0 Å². The largest absolute Gasteiger partial charge is 0.309 e. The van der Waals surface area contributed by atoms with Gasteiger partial charge in [-0.25, -0.2) is 0 Å². The highest BCUT2D eigenvalue weighted by atomic mass is 32.1. The monoisotopic (exact) mass is 696 g/mol. The van der Waals surface area contributed by atoms with Crippen LogP contribution in [0.5, 0.6) is 0 Å². The van der Waals surface area contributed by atoms with Gasteiger partial charge in [-0.3, -0.25) is 0 Å². The number of benzene rings is 8. The third-order valence-corrected chi connectivity index (χ3v) is 13.2. The van der Waals surface area contributed by atoms with Crippen molar-refractivity contribution in [3.8, 4) is 22.5 Å². The molecular weight excluding hydrogens is 669 g/mol. The third kappa shape index (κ3) is 3.99. The molecule has 2 nitrogen and oxygen atoms in total. The maximum Gasteiger partial charge on any atom is 0.0548 e. The van der Waals surface area contributed by atoms with E-state index in [1.807, 2.05) is 22.7 Å². The normalized spacial score (nSPS) is 12.2. The Morgan fingerprint density at radius 3 is 1.17 bits per heavy atom. The van der Waals surface area contributed by atoms with Gasteiger partial charge in [0.1, 0.15) is 0 Å². The van der Waals surface area contributed by atoms with Crippen molar-refractivity contribution in [1.29, 1.82) is 0 Å². The number of fused-ring (bicyclic) bond motifs is 12. The molecule has 52 heavy (non-hydrogen) atoms. The van der Waals surface area contributed by atoms with Crippen molar-refractivity contribution in [2.75, 3.05) is 0 Å². The molecule has 0 aliphatic heterocycles. The van der Waals surface area contributed by atoms with Crippen molar-refractivity contribution in [2.45, 2.75) is 0 Å². The fourth-order valence-electron chi connectivity index (χ4n) is 8.58. The Kier molecular flexibility index (Phi) is 5.84. The minimum Gasteiger partial charge on any atom is -0.309 e. The van der Waals surface area contributed by atoms with E-state index < -0.39 is 0 Å². The van der Waals surface area contributed by atoms with E-state index in [0.29, 0.717) is 0 Å². The molecule has 0 radical (unpaired) electrons. The van der Waals surface area contributed by atoms with Crippen LogP contribution in [0.25, 0.3) is 106 Å². The first-order valence-corrected chi connectivity index (χ1v) is 19.3. The zero-order valence-electron chi connectivity index (χ0n) is 27.9. The Morgan fingerprint density at radius 2 is 0.692 bits per heavy atom. The number of hydrogen-bond acceptors (Lipinski definition) is 2. The van der Waals surface area contributed by atoms with Crippen LogP contribution in [0, 0.1) is 0 Å². The number of rotatable bonds is 3. The predicted octanol–water partition coefficient (Wildman–Crippen LogP) is 14.3. The fourth-order valence-corrected chi connectivity index (χ4v) is 10.8. The molecule has 8 aromatic carbocycles. The van der Waals surface area contributed by atoms with Crippen LogP contribution in [0.1, 0.15) is 0 Å². The SMILES string of the molecule is c1cc(-c2cccc(-n3c4ccccc4c4cc5sc6ccccc6c5cc43)c2)cc(-n2c3ccccc3c3cc4sc5ccccc5c4cc32)c1. The molecule has 4 heterocycles. The first-order chi connectivity index (χ1) is 25.8. The van der Waals surface area contributed by atoms with Crippen LogP contribution in [-0.2, 0) is 0 Å². The van der Waals surface area contributed by atoms with Crippen molar-refractivity contribution in [3.05, 3.63) is 170 Å². The zero-order valence-corrected chi connectivity index (χ0v) is 29.5. The summed E-state index contributed by atoms with van der Waals surface area (Å²) in [6.45, 7) is 0. The molecular formula is C48H28N2S2. The highest BCUT2D eigenvalue weighted by Crippen LogP contribution is 2.43. The smallest absolute Gasteiger partial charge is 0.0548 e. The minimum atomic E-state index is 1.16. The second-order valence-corrected chi connectivity index (χ2v) is 15.9. The number of thiophene rings is 2. The Hall–Kier alpha value is -6.20. The molecule has 0 bridgehead atoms. The highest BCUT2D eigenvalue weighted by molar-refractivity contribution is 7.26. The third-order valence-electron chi connectivity index (χ3n) is 10.9. The van der Waals surface area contributed by atoms with Gasteiger partial charge in [0.15, 0.2) is 0 Å². The second-order valence-electron chi connectivity index (χ2n) is 13.7. The molecule has 0 fully saturated rings. The van der Waals surface area contributed by atoms with Crippen molar-refractivity contribution >= 4 is 107 Å². The van der Waals surface area contributed by atoms with Gasteiger partial charge in [-0.05, 0) is 83.9 Å². The zero-order chi connectivity index (χ0) is 33.9. The molecule has 0 aliphatic carbocycles. The summed E-state index contributed by atoms with van der Waals surface area (Å²) in [5, 5.41) is 10.4. The van der Waals surface area contributed by atoms with Gasteiger partial charge in [0.25, 0.3) is 0 Å². The van der Waals surface area contributed by atoms with E-state index in [2.05, 4.69) is 179 Å². The van der Waals surface area contributed by atoms with Crippen LogP contribution in [0.2, 0.25) is 0 Å². The summed E-state index contributed by atoms with van der Waals surface area (Å²) < 4.78 is 10.2. The van der Waals surface area contributed by atoms with Gasteiger partial charge >= 0.3 is 0 Å². The van der Waals surface area contributed by atoms with Crippen LogP contribution < -0.4 is 0 Å². The predicted molar refractivity (Wildman–Crippen MR) is 226 cm³/mol. The fraction of sp³-hybridized carbons (Fsp3) is 0. The molecule has 0 unspecified atom stereocenters. The van der Waals surface area contributed by atoms with Crippen molar-refractivity contribution < 1.29 is 0 Å². The summed E-state index contributed by atoms with van der Waals surface area (Å²) in [6, 6.07) is 62.9. The summed E-state index contributed by atoms with van der Waals surface area (Å²) in [7, 11) is 0. The molecule has 0 aliphatic rings. The Labute approximate surface area is 306 Å². The molecule has 242 valence electrons. The van der Waals surface area contributed by atoms with E-state index in [9.17, 15) is 0 Å². The van der Waals surface area contributed by atoms with Crippen molar-refractivity contribution in [1.82, 2.24) is 9.13 Å². The standard InChI is InChI=1S/C48H28N2S2/c1-5-19-41-33(15-1)37-27-47-39(35-17-3-7-21-45(35)51-47)25-43(37)49(41)31-13-9-11-29(23-31)30-12-10-14-32(24-30)50-42-20-6-2-16-34(42)38-28-48-40(26-44(38)50)36-18-4-8-22-46(36)52-48/h1-28H. The summed E-state index contributed by atoms with van der Waals surface area (Å²) in [4.78, 5) is 0. The molecule has 0 saturated heterocycles.